The van der Waals surface area contributed by atoms with E-state index in [1.54, 1.807) is 11.3 Å². The van der Waals surface area contributed by atoms with Gasteiger partial charge in [-0.1, -0.05) is 0 Å². The second kappa shape index (κ2) is 10.9. The van der Waals surface area contributed by atoms with Gasteiger partial charge in [0.2, 0.25) is 0 Å². The van der Waals surface area contributed by atoms with Gasteiger partial charge >= 0.3 is 0 Å². The molecular formula is C15H25BrIN3O2S. The zero-order chi connectivity index (χ0) is 15.8. The SMILES string of the molecule is CCNC(=NCc1ccc(Br)s1)NCC1(CCO)CCOC1.I. The largest absolute Gasteiger partial charge is 0.396 e. The van der Waals surface area contributed by atoms with Crippen LogP contribution in [0.3, 0.4) is 0 Å². The van der Waals surface area contributed by atoms with Crippen molar-refractivity contribution in [2.75, 3.05) is 32.9 Å². The van der Waals surface area contributed by atoms with Gasteiger partial charge in [-0.15, -0.1) is 35.3 Å². The molecule has 3 N–H and O–H groups in total. The summed E-state index contributed by atoms with van der Waals surface area (Å²) < 4.78 is 6.65. The molecule has 1 aliphatic rings. The lowest BCUT2D eigenvalue weighted by Gasteiger charge is -2.27. The topological polar surface area (TPSA) is 65.9 Å². The second-order valence-electron chi connectivity index (χ2n) is 5.53. The summed E-state index contributed by atoms with van der Waals surface area (Å²) in [7, 11) is 0. The highest BCUT2D eigenvalue weighted by molar-refractivity contribution is 14.0. The van der Waals surface area contributed by atoms with E-state index >= 15 is 0 Å². The number of rotatable bonds is 7. The molecule has 132 valence electrons. The van der Waals surface area contributed by atoms with Gasteiger partial charge in [0.1, 0.15) is 0 Å². The molecule has 1 unspecified atom stereocenters. The van der Waals surface area contributed by atoms with Crippen molar-refractivity contribution < 1.29 is 9.84 Å². The Labute approximate surface area is 167 Å². The van der Waals surface area contributed by atoms with Crippen molar-refractivity contribution in [3.8, 4) is 0 Å². The molecular weight excluding hydrogens is 493 g/mol. The summed E-state index contributed by atoms with van der Waals surface area (Å²) in [5.41, 5.74) is 0.0247. The molecule has 1 atom stereocenters. The lowest BCUT2D eigenvalue weighted by molar-refractivity contribution is 0.127. The Kier molecular flexibility index (Phi) is 9.98. The molecule has 0 aliphatic carbocycles. The van der Waals surface area contributed by atoms with Crippen molar-refractivity contribution in [3.63, 3.8) is 0 Å². The average molecular weight is 518 g/mol. The molecule has 1 aliphatic heterocycles. The summed E-state index contributed by atoms with van der Waals surface area (Å²) in [5.74, 6) is 0.816. The van der Waals surface area contributed by atoms with Crippen molar-refractivity contribution in [2.24, 2.45) is 10.4 Å². The highest BCUT2D eigenvalue weighted by Crippen LogP contribution is 2.31. The number of hydrogen-bond donors (Lipinski definition) is 3. The Hall–Kier alpha value is 0.1000. The van der Waals surface area contributed by atoms with Crippen LogP contribution in [-0.2, 0) is 11.3 Å². The van der Waals surface area contributed by atoms with Gasteiger partial charge in [-0.25, -0.2) is 4.99 Å². The Morgan fingerprint density at radius 2 is 2.30 bits per heavy atom. The van der Waals surface area contributed by atoms with E-state index in [0.717, 1.165) is 42.3 Å². The molecule has 2 heterocycles. The first-order valence-corrected chi connectivity index (χ1v) is 9.23. The van der Waals surface area contributed by atoms with Crippen molar-refractivity contribution >= 4 is 57.2 Å². The van der Waals surface area contributed by atoms with E-state index in [9.17, 15) is 5.11 Å². The summed E-state index contributed by atoms with van der Waals surface area (Å²) in [4.78, 5) is 5.85. The number of nitrogens with zero attached hydrogens (tertiary/aromatic N) is 1. The number of aliphatic hydroxyl groups excluding tert-OH is 1. The van der Waals surface area contributed by atoms with E-state index in [-0.39, 0.29) is 36.0 Å². The molecule has 2 rings (SSSR count). The third kappa shape index (κ3) is 6.85. The molecule has 1 aromatic heterocycles. The van der Waals surface area contributed by atoms with Gasteiger partial charge in [-0.2, -0.15) is 0 Å². The Morgan fingerprint density at radius 3 is 2.87 bits per heavy atom. The van der Waals surface area contributed by atoms with Crippen LogP contribution in [0.5, 0.6) is 0 Å². The molecule has 0 amide bonds. The predicted molar refractivity (Wildman–Crippen MR) is 110 cm³/mol. The zero-order valence-corrected chi connectivity index (χ0v) is 18.0. The van der Waals surface area contributed by atoms with Crippen molar-refractivity contribution in [3.05, 3.63) is 20.8 Å². The van der Waals surface area contributed by atoms with Crippen LogP contribution in [0.1, 0.15) is 24.6 Å². The van der Waals surface area contributed by atoms with E-state index in [1.165, 1.54) is 4.88 Å². The van der Waals surface area contributed by atoms with Crippen molar-refractivity contribution in [1.29, 1.82) is 0 Å². The minimum absolute atomic E-state index is 0. The normalized spacial score (nSPS) is 21.1. The van der Waals surface area contributed by atoms with E-state index < -0.39 is 0 Å². The number of aliphatic hydroxyl groups is 1. The molecule has 5 nitrogen and oxygen atoms in total. The van der Waals surface area contributed by atoms with Gasteiger partial charge in [0, 0.05) is 36.6 Å². The van der Waals surface area contributed by atoms with Crippen LogP contribution in [0.4, 0.5) is 0 Å². The average Bonchev–Trinajstić information content (AvgIpc) is 3.12. The number of hydrogen-bond acceptors (Lipinski definition) is 4. The lowest BCUT2D eigenvalue weighted by Crippen LogP contribution is -2.44. The van der Waals surface area contributed by atoms with Gasteiger partial charge < -0.3 is 20.5 Å². The van der Waals surface area contributed by atoms with Gasteiger partial charge in [-0.3, -0.25) is 0 Å². The molecule has 1 saturated heterocycles. The first kappa shape index (κ1) is 21.1. The molecule has 0 saturated carbocycles. The number of guanidine groups is 1. The molecule has 23 heavy (non-hydrogen) atoms. The summed E-state index contributed by atoms with van der Waals surface area (Å²) >= 11 is 5.17. The van der Waals surface area contributed by atoms with Crippen LogP contribution < -0.4 is 10.6 Å². The number of ether oxygens (including phenoxy) is 1. The Balaban J connectivity index is 0.00000264. The highest BCUT2D eigenvalue weighted by atomic mass is 127. The number of aliphatic imine (C=N–C) groups is 1. The smallest absolute Gasteiger partial charge is 0.191 e. The minimum Gasteiger partial charge on any atom is -0.396 e. The highest BCUT2D eigenvalue weighted by Gasteiger charge is 2.34. The van der Waals surface area contributed by atoms with Crippen LogP contribution >= 0.6 is 51.2 Å². The van der Waals surface area contributed by atoms with Crippen LogP contribution in [0, 0.1) is 5.41 Å². The second-order valence-corrected chi connectivity index (χ2v) is 8.08. The minimum atomic E-state index is 0. The summed E-state index contributed by atoms with van der Waals surface area (Å²) in [6, 6.07) is 4.13. The fraction of sp³-hybridized carbons (Fsp3) is 0.667. The fourth-order valence-electron chi connectivity index (χ4n) is 2.52. The van der Waals surface area contributed by atoms with Crippen LogP contribution in [0.2, 0.25) is 0 Å². The molecule has 0 radical (unpaired) electrons. The standard InChI is InChI=1S/C15H24BrN3O2S.HI/c1-2-17-14(18-9-12-3-4-13(16)22-12)19-10-15(5-7-20)6-8-21-11-15;/h3-4,20H,2,5-11H2,1H3,(H2,17,18,19);1H. The number of halogens is 2. The van der Waals surface area contributed by atoms with E-state index in [2.05, 4.69) is 44.5 Å². The van der Waals surface area contributed by atoms with Crippen LogP contribution in [-0.4, -0.2) is 44.0 Å². The monoisotopic (exact) mass is 517 g/mol. The molecule has 0 bridgehead atoms. The maximum Gasteiger partial charge on any atom is 0.191 e. The van der Waals surface area contributed by atoms with Gasteiger partial charge in [0.05, 0.1) is 16.9 Å². The number of nitrogens with one attached hydrogen (secondary N) is 2. The molecule has 1 aromatic rings. The van der Waals surface area contributed by atoms with Crippen LogP contribution in [0.15, 0.2) is 20.9 Å². The lowest BCUT2D eigenvalue weighted by atomic mass is 9.84. The van der Waals surface area contributed by atoms with Gasteiger partial charge in [0.25, 0.3) is 0 Å². The van der Waals surface area contributed by atoms with Gasteiger partial charge in [-0.05, 0) is 47.8 Å². The third-order valence-electron chi connectivity index (χ3n) is 3.82. The first-order valence-electron chi connectivity index (χ1n) is 7.62. The molecule has 8 heteroatoms. The number of thiophene rings is 1. The fourth-order valence-corrected chi connectivity index (χ4v) is 3.93. The third-order valence-corrected chi connectivity index (χ3v) is 5.43. The van der Waals surface area contributed by atoms with Crippen molar-refractivity contribution in [1.82, 2.24) is 10.6 Å². The van der Waals surface area contributed by atoms with E-state index in [4.69, 9.17) is 4.74 Å². The van der Waals surface area contributed by atoms with E-state index in [0.29, 0.717) is 13.2 Å². The van der Waals surface area contributed by atoms with Crippen LogP contribution in [0.25, 0.3) is 0 Å². The van der Waals surface area contributed by atoms with Gasteiger partial charge in [0.15, 0.2) is 5.96 Å². The summed E-state index contributed by atoms with van der Waals surface area (Å²) in [6.45, 7) is 5.99. The first-order chi connectivity index (χ1) is 10.7. The van der Waals surface area contributed by atoms with Crippen molar-refractivity contribution in [2.45, 2.75) is 26.3 Å². The molecule has 0 aromatic carbocycles. The summed E-state index contributed by atoms with van der Waals surface area (Å²) in [5, 5.41) is 16.0. The Morgan fingerprint density at radius 1 is 1.48 bits per heavy atom. The zero-order valence-electron chi connectivity index (χ0n) is 13.3. The predicted octanol–water partition coefficient (Wildman–Crippen LogP) is 2.97. The quantitative estimate of drug-likeness (QED) is 0.295. The van der Waals surface area contributed by atoms with E-state index in [1.807, 2.05) is 6.07 Å². The molecule has 1 fully saturated rings. The maximum atomic E-state index is 9.28. The maximum absolute atomic E-state index is 9.28. The summed E-state index contributed by atoms with van der Waals surface area (Å²) in [6.07, 6.45) is 1.75. The Bertz CT molecular complexity index is 493. The molecule has 0 spiro atoms.